The van der Waals surface area contributed by atoms with Crippen molar-refractivity contribution in [3.63, 3.8) is 0 Å². The zero-order chi connectivity index (χ0) is 15.1. The van der Waals surface area contributed by atoms with Crippen LogP contribution in [0.3, 0.4) is 0 Å². The molecular weight excluding hydrogens is 298 g/mol. The maximum atomic E-state index is 12.4. The van der Waals surface area contributed by atoms with Gasteiger partial charge in [-0.3, -0.25) is 14.3 Å². The Morgan fingerprint density at radius 3 is 3.36 bits per heavy atom. The summed E-state index contributed by atoms with van der Waals surface area (Å²) >= 11 is 1.58. The van der Waals surface area contributed by atoms with E-state index >= 15 is 0 Å². The van der Waals surface area contributed by atoms with Crippen molar-refractivity contribution in [2.75, 3.05) is 0 Å². The first kappa shape index (κ1) is 13.5. The zero-order valence-electron chi connectivity index (χ0n) is 12.3. The summed E-state index contributed by atoms with van der Waals surface area (Å²) in [5.74, 6) is 0.486. The van der Waals surface area contributed by atoms with Crippen LogP contribution in [-0.4, -0.2) is 25.5 Å². The van der Waals surface area contributed by atoms with Gasteiger partial charge in [0.1, 0.15) is 0 Å². The van der Waals surface area contributed by atoms with Crippen LogP contribution in [0.15, 0.2) is 17.8 Å². The minimum atomic E-state index is -0.122. The number of hydrogen-bond acceptors (Lipinski definition) is 4. The Labute approximate surface area is 131 Å². The van der Waals surface area contributed by atoms with Crippen LogP contribution in [0.4, 0.5) is 0 Å². The zero-order valence-corrected chi connectivity index (χ0v) is 13.1. The second-order valence-corrected chi connectivity index (χ2v) is 6.76. The molecule has 1 aliphatic rings. The number of nitrogens with one attached hydrogen (secondary N) is 2. The van der Waals surface area contributed by atoms with E-state index in [2.05, 4.69) is 27.4 Å². The first-order valence-corrected chi connectivity index (χ1v) is 8.34. The number of fused-ring (bicyclic) bond motifs is 2. The highest BCUT2D eigenvalue weighted by atomic mass is 32.1. The van der Waals surface area contributed by atoms with Crippen molar-refractivity contribution in [3.05, 3.63) is 40.4 Å². The molecule has 0 saturated carbocycles. The van der Waals surface area contributed by atoms with E-state index in [-0.39, 0.29) is 5.91 Å². The Morgan fingerprint density at radius 2 is 2.50 bits per heavy atom. The smallest absolute Gasteiger partial charge is 0.272 e. The number of thiazole rings is 1. The van der Waals surface area contributed by atoms with Crippen LogP contribution < -0.4 is 5.32 Å². The molecule has 4 rings (SSSR count). The first-order chi connectivity index (χ1) is 10.7. The lowest BCUT2D eigenvalue weighted by Gasteiger charge is -2.17. The highest BCUT2D eigenvalue weighted by Gasteiger charge is 2.24. The lowest BCUT2D eigenvalue weighted by Crippen LogP contribution is -2.25. The first-order valence-electron chi connectivity index (χ1n) is 7.46. The van der Waals surface area contributed by atoms with E-state index in [9.17, 15) is 4.79 Å². The fraction of sp³-hybridized carbons (Fsp3) is 0.400. The summed E-state index contributed by atoms with van der Waals surface area (Å²) < 4.78 is 1.96. The summed E-state index contributed by atoms with van der Waals surface area (Å²) in [6.07, 6.45) is 6.96. The van der Waals surface area contributed by atoms with Gasteiger partial charge in [0.05, 0.1) is 12.2 Å². The molecule has 1 atom stereocenters. The molecule has 6 nitrogen and oxygen atoms in total. The van der Waals surface area contributed by atoms with Gasteiger partial charge in [-0.25, -0.2) is 4.98 Å². The van der Waals surface area contributed by atoms with Gasteiger partial charge < -0.3 is 5.32 Å². The highest BCUT2D eigenvalue weighted by molar-refractivity contribution is 7.15. The molecule has 1 amide bonds. The molecule has 3 heterocycles. The van der Waals surface area contributed by atoms with E-state index in [0.717, 1.165) is 41.2 Å². The topological polar surface area (TPSA) is 75.1 Å². The van der Waals surface area contributed by atoms with Gasteiger partial charge in [0, 0.05) is 29.0 Å². The molecule has 114 valence electrons. The maximum Gasteiger partial charge on any atom is 0.272 e. The number of nitrogens with zero attached hydrogens (tertiary/aromatic N) is 3. The summed E-state index contributed by atoms with van der Waals surface area (Å²) in [4.78, 5) is 17.8. The lowest BCUT2D eigenvalue weighted by atomic mass is 9.87. The highest BCUT2D eigenvalue weighted by Crippen LogP contribution is 2.26. The molecule has 3 aromatic heterocycles. The van der Waals surface area contributed by atoms with Crippen LogP contribution in [0.1, 0.15) is 40.8 Å². The largest absolute Gasteiger partial charge is 0.345 e. The van der Waals surface area contributed by atoms with Crippen molar-refractivity contribution in [1.29, 1.82) is 0 Å². The normalized spacial score (nSPS) is 17.6. The third-order valence-electron chi connectivity index (χ3n) is 4.18. The van der Waals surface area contributed by atoms with E-state index in [1.54, 1.807) is 11.3 Å². The van der Waals surface area contributed by atoms with Crippen molar-refractivity contribution < 1.29 is 4.79 Å². The summed E-state index contributed by atoms with van der Waals surface area (Å²) in [6.45, 7) is 2.64. The molecule has 0 fully saturated rings. The third kappa shape index (κ3) is 2.31. The molecule has 1 aliphatic carbocycles. The van der Waals surface area contributed by atoms with Crippen LogP contribution in [0, 0.1) is 5.92 Å². The number of imidazole rings is 1. The number of H-pyrrole nitrogens is 1. The second kappa shape index (κ2) is 5.24. The van der Waals surface area contributed by atoms with E-state index < -0.39 is 0 Å². The molecule has 0 aromatic carbocycles. The number of amides is 1. The fourth-order valence-electron chi connectivity index (χ4n) is 2.97. The number of carbonyl (C=O) groups is 1. The average Bonchev–Trinajstić information content (AvgIpc) is 3.18. The summed E-state index contributed by atoms with van der Waals surface area (Å²) in [5, 5.41) is 12.1. The van der Waals surface area contributed by atoms with Crippen molar-refractivity contribution in [1.82, 2.24) is 24.9 Å². The fourth-order valence-corrected chi connectivity index (χ4v) is 3.69. The predicted molar refractivity (Wildman–Crippen MR) is 84.0 cm³/mol. The van der Waals surface area contributed by atoms with Crippen LogP contribution in [0.2, 0.25) is 0 Å². The van der Waals surface area contributed by atoms with Crippen LogP contribution in [-0.2, 0) is 19.4 Å². The van der Waals surface area contributed by atoms with E-state index in [0.29, 0.717) is 18.2 Å². The minimum Gasteiger partial charge on any atom is -0.345 e. The number of aryl methyl sites for hydroxylation is 1. The van der Waals surface area contributed by atoms with Crippen LogP contribution in [0.5, 0.6) is 0 Å². The maximum absolute atomic E-state index is 12.4. The van der Waals surface area contributed by atoms with Crippen molar-refractivity contribution in [2.24, 2.45) is 5.92 Å². The van der Waals surface area contributed by atoms with Gasteiger partial charge in [0.25, 0.3) is 5.91 Å². The quantitative estimate of drug-likeness (QED) is 0.778. The van der Waals surface area contributed by atoms with Gasteiger partial charge in [0.2, 0.25) is 0 Å². The van der Waals surface area contributed by atoms with Crippen molar-refractivity contribution in [3.8, 4) is 0 Å². The molecule has 0 aliphatic heterocycles. The molecule has 0 saturated heterocycles. The monoisotopic (exact) mass is 315 g/mol. The third-order valence-corrected chi connectivity index (χ3v) is 4.95. The summed E-state index contributed by atoms with van der Waals surface area (Å²) in [7, 11) is 0. The van der Waals surface area contributed by atoms with Gasteiger partial charge >= 0.3 is 0 Å². The Hall–Kier alpha value is -2.15. The van der Waals surface area contributed by atoms with Crippen LogP contribution in [0.25, 0.3) is 4.96 Å². The predicted octanol–water partition coefficient (Wildman–Crippen LogP) is 2.17. The van der Waals surface area contributed by atoms with Crippen molar-refractivity contribution in [2.45, 2.75) is 32.7 Å². The Morgan fingerprint density at radius 1 is 1.59 bits per heavy atom. The number of carbonyl (C=O) groups excluding carboxylic acids is 1. The standard InChI is InChI=1S/C15H17N5OS/c1-9-2-3-12-11(6-9)13(19-18-12)14(21)16-7-10-8-20-4-5-22-15(20)17-10/h4-5,8-9H,2-3,6-7H2,1H3,(H,16,21)(H,18,19)/t9-/m1/s1. The number of hydrogen-bond donors (Lipinski definition) is 2. The molecule has 7 heteroatoms. The molecule has 22 heavy (non-hydrogen) atoms. The lowest BCUT2D eigenvalue weighted by molar-refractivity contribution is 0.0944. The Balaban J connectivity index is 1.48. The van der Waals surface area contributed by atoms with Gasteiger partial charge in [0.15, 0.2) is 10.7 Å². The van der Waals surface area contributed by atoms with E-state index in [1.165, 1.54) is 0 Å². The van der Waals surface area contributed by atoms with Gasteiger partial charge in [-0.15, -0.1) is 11.3 Å². The minimum absolute atomic E-state index is 0.122. The van der Waals surface area contributed by atoms with Gasteiger partial charge in [-0.2, -0.15) is 5.10 Å². The number of rotatable bonds is 3. The Bertz CT molecular complexity index is 802. The SMILES string of the molecule is C[C@@H]1CCc2[nH]nc(C(=O)NCc3cn4ccsc4n3)c2C1. The molecule has 0 radical (unpaired) electrons. The van der Waals surface area contributed by atoms with Gasteiger partial charge in [-0.1, -0.05) is 6.92 Å². The molecule has 0 bridgehead atoms. The van der Waals surface area contributed by atoms with Crippen LogP contribution >= 0.6 is 11.3 Å². The molecule has 2 N–H and O–H groups in total. The van der Waals surface area contributed by atoms with E-state index in [4.69, 9.17) is 0 Å². The number of aromatic nitrogens is 4. The van der Waals surface area contributed by atoms with E-state index in [1.807, 2.05) is 22.2 Å². The molecular formula is C15H17N5OS. The molecule has 0 spiro atoms. The Kier molecular flexibility index (Phi) is 3.22. The van der Waals surface area contributed by atoms with Crippen molar-refractivity contribution >= 4 is 22.2 Å². The number of aromatic amines is 1. The van der Waals surface area contributed by atoms with Gasteiger partial charge in [-0.05, 0) is 25.2 Å². The average molecular weight is 315 g/mol. The summed E-state index contributed by atoms with van der Waals surface area (Å²) in [5.41, 5.74) is 3.60. The second-order valence-electron chi connectivity index (χ2n) is 5.89. The molecule has 3 aromatic rings. The molecule has 0 unspecified atom stereocenters. The summed E-state index contributed by atoms with van der Waals surface area (Å²) in [6, 6.07) is 0.